The van der Waals surface area contributed by atoms with Crippen LogP contribution in [-0.4, -0.2) is 54.5 Å². The maximum atomic E-state index is 12.1. The van der Waals surface area contributed by atoms with Gasteiger partial charge in [-0.1, -0.05) is 5.17 Å². The zero-order valence-electron chi connectivity index (χ0n) is 11.9. The van der Waals surface area contributed by atoms with Crippen LogP contribution in [0.1, 0.15) is 27.2 Å². The van der Waals surface area contributed by atoms with Crippen molar-refractivity contribution in [1.82, 2.24) is 15.5 Å². The predicted molar refractivity (Wildman–Crippen MR) is 68.5 cm³/mol. The van der Waals surface area contributed by atoms with E-state index >= 15 is 0 Å². The van der Waals surface area contributed by atoms with Gasteiger partial charge in [0.1, 0.15) is 0 Å². The van der Waals surface area contributed by atoms with Gasteiger partial charge in [-0.05, 0) is 33.7 Å². The van der Waals surface area contributed by atoms with Gasteiger partial charge in [0.2, 0.25) is 0 Å². The summed E-state index contributed by atoms with van der Waals surface area (Å²) in [7, 11) is 0. The van der Waals surface area contributed by atoms with Gasteiger partial charge in [0, 0.05) is 6.54 Å². The highest BCUT2D eigenvalue weighted by Crippen LogP contribution is 2.06. The number of hydrogen-bond acceptors (Lipinski definition) is 7. The van der Waals surface area contributed by atoms with Gasteiger partial charge in [-0.25, -0.2) is 10.6 Å². The van der Waals surface area contributed by atoms with Gasteiger partial charge in [-0.15, -0.1) is 0 Å². The molecule has 9 heteroatoms. The number of hydrogen-bond donors (Lipinski definition) is 2. The minimum absolute atomic E-state index is 0.257. The van der Waals surface area contributed by atoms with Gasteiger partial charge in [0.05, 0.1) is 25.2 Å². The molecule has 0 radical (unpaired) electrons. The van der Waals surface area contributed by atoms with Gasteiger partial charge < -0.3 is 5.73 Å². The Morgan fingerprint density at radius 1 is 1.05 bits per heavy atom. The Balaban J connectivity index is 4.68. The molecule has 0 saturated carbocycles. The van der Waals surface area contributed by atoms with Crippen LogP contribution in [0.3, 0.4) is 0 Å². The van der Waals surface area contributed by atoms with Crippen LogP contribution >= 0.6 is 0 Å². The second-order valence-corrected chi connectivity index (χ2v) is 3.38. The zero-order chi connectivity index (χ0) is 14.7. The van der Waals surface area contributed by atoms with Crippen LogP contribution < -0.4 is 11.6 Å². The summed E-state index contributed by atoms with van der Waals surface area (Å²) in [6.45, 7) is 6.88. The highest BCUT2D eigenvalue weighted by atomic mass is 17.0. The van der Waals surface area contributed by atoms with Crippen molar-refractivity contribution in [3.05, 3.63) is 0 Å². The Kier molecular flexibility index (Phi) is 10.4. The molecular formula is C10H25N5O4. The average Bonchev–Trinajstić information content (AvgIpc) is 2.41. The molecule has 0 aliphatic heterocycles. The van der Waals surface area contributed by atoms with E-state index < -0.39 is 6.03 Å². The fourth-order valence-electron chi connectivity index (χ4n) is 1.12. The average molecular weight is 279 g/mol. The highest BCUT2D eigenvalue weighted by Gasteiger charge is 2.27. The smallest absolute Gasteiger partial charge is 0.330 e. The number of rotatable bonds is 10. The number of carbonyl (C=O) groups excluding carboxylic acids is 1. The molecule has 0 aromatic heterocycles. The molecule has 0 aliphatic rings. The van der Waals surface area contributed by atoms with Crippen molar-refractivity contribution in [3.8, 4) is 0 Å². The first-order valence-corrected chi connectivity index (χ1v) is 6.37. The van der Waals surface area contributed by atoms with E-state index in [1.165, 1.54) is 0 Å². The SMILES string of the molecule is CCON(OCC)N(OCC)C(=O)N(N)CCCN. The number of hydroxylamine groups is 1. The first-order chi connectivity index (χ1) is 9.12. The third-order valence-corrected chi connectivity index (χ3v) is 1.89. The van der Waals surface area contributed by atoms with Crippen LogP contribution in [0.2, 0.25) is 0 Å². The van der Waals surface area contributed by atoms with Crippen molar-refractivity contribution in [3.63, 3.8) is 0 Å². The second kappa shape index (κ2) is 10.9. The molecule has 114 valence electrons. The van der Waals surface area contributed by atoms with E-state index in [-0.39, 0.29) is 6.61 Å². The molecule has 0 aliphatic carbocycles. The summed E-state index contributed by atoms with van der Waals surface area (Å²) in [5.74, 6) is 5.63. The van der Waals surface area contributed by atoms with Gasteiger partial charge in [0.15, 0.2) is 0 Å². The maximum Gasteiger partial charge on any atom is 0.377 e. The Bertz CT molecular complexity index is 238. The second-order valence-electron chi connectivity index (χ2n) is 3.38. The molecule has 0 heterocycles. The van der Waals surface area contributed by atoms with Gasteiger partial charge in [0.25, 0.3) is 0 Å². The zero-order valence-corrected chi connectivity index (χ0v) is 11.9. The molecule has 4 N–H and O–H groups in total. The summed E-state index contributed by atoms with van der Waals surface area (Å²) in [5, 5.41) is 2.71. The topological polar surface area (TPSA) is 107 Å². The Labute approximate surface area is 113 Å². The number of hydrazine groups is 2. The molecule has 0 bridgehead atoms. The summed E-state index contributed by atoms with van der Waals surface area (Å²) in [4.78, 5) is 27.6. The van der Waals surface area contributed by atoms with E-state index in [2.05, 4.69) is 0 Å². The normalized spacial score (nSPS) is 10.8. The van der Waals surface area contributed by atoms with Crippen molar-refractivity contribution in [1.29, 1.82) is 0 Å². The molecule has 0 aromatic carbocycles. The number of carbonyl (C=O) groups is 1. The Hall–Kier alpha value is -0.970. The fraction of sp³-hybridized carbons (Fsp3) is 0.900. The molecule has 9 nitrogen and oxygen atoms in total. The van der Waals surface area contributed by atoms with Gasteiger partial charge in [-0.2, -0.15) is 0 Å². The van der Waals surface area contributed by atoms with Crippen molar-refractivity contribution >= 4 is 6.03 Å². The molecule has 0 aromatic rings. The molecule has 2 amide bonds. The summed E-state index contributed by atoms with van der Waals surface area (Å²) in [6, 6.07) is -0.600. The number of amides is 2. The molecule has 0 fully saturated rings. The predicted octanol–water partition coefficient (Wildman–Crippen LogP) is 0.00440. The molecule has 0 rings (SSSR count). The van der Waals surface area contributed by atoms with Crippen LogP contribution in [0.5, 0.6) is 0 Å². The van der Waals surface area contributed by atoms with E-state index in [4.69, 9.17) is 26.1 Å². The fourth-order valence-corrected chi connectivity index (χ4v) is 1.12. The lowest BCUT2D eigenvalue weighted by Crippen LogP contribution is -2.54. The third kappa shape index (κ3) is 6.66. The quantitative estimate of drug-likeness (QED) is 0.329. The van der Waals surface area contributed by atoms with Gasteiger partial charge >= 0.3 is 6.03 Å². The standard InChI is InChI=1S/C10H25N5O4/c1-4-17-14(15(18-5-2)19-6-3)10(16)13(12)9-7-8-11/h4-9,11-12H2,1-3H3. The lowest BCUT2D eigenvalue weighted by atomic mass is 10.4. The largest absolute Gasteiger partial charge is 0.377 e. The monoisotopic (exact) mass is 279 g/mol. The van der Waals surface area contributed by atoms with Crippen molar-refractivity contribution in [2.24, 2.45) is 11.6 Å². The minimum Gasteiger partial charge on any atom is -0.330 e. The maximum absolute atomic E-state index is 12.1. The molecule has 19 heavy (non-hydrogen) atoms. The van der Waals surface area contributed by atoms with E-state index in [0.29, 0.717) is 32.7 Å². The lowest BCUT2D eigenvalue weighted by Gasteiger charge is -2.31. The van der Waals surface area contributed by atoms with E-state index in [1.54, 1.807) is 20.8 Å². The number of urea groups is 1. The summed E-state index contributed by atoms with van der Waals surface area (Å²) >= 11 is 0. The van der Waals surface area contributed by atoms with Crippen molar-refractivity contribution < 1.29 is 19.3 Å². The summed E-state index contributed by atoms with van der Waals surface area (Å²) < 4.78 is 0. The Morgan fingerprint density at radius 3 is 2.00 bits per heavy atom. The molecule has 0 unspecified atom stereocenters. The van der Waals surface area contributed by atoms with Crippen LogP contribution in [-0.2, 0) is 14.5 Å². The summed E-state index contributed by atoms with van der Waals surface area (Å²) in [5.41, 5.74) is 5.37. The Morgan fingerprint density at radius 2 is 1.58 bits per heavy atom. The molecule has 0 atom stereocenters. The molecular weight excluding hydrogens is 254 g/mol. The van der Waals surface area contributed by atoms with Crippen LogP contribution in [0.15, 0.2) is 0 Å². The highest BCUT2D eigenvalue weighted by molar-refractivity contribution is 5.71. The number of nitrogens with two attached hydrogens (primary N) is 2. The van der Waals surface area contributed by atoms with E-state index in [9.17, 15) is 4.79 Å². The van der Waals surface area contributed by atoms with Crippen LogP contribution in [0, 0.1) is 0 Å². The molecule has 0 saturated heterocycles. The first kappa shape index (κ1) is 18.0. The lowest BCUT2D eigenvalue weighted by molar-refractivity contribution is -0.510. The van der Waals surface area contributed by atoms with Crippen molar-refractivity contribution in [2.75, 3.05) is 32.9 Å². The van der Waals surface area contributed by atoms with Crippen molar-refractivity contribution in [2.45, 2.75) is 27.2 Å². The van der Waals surface area contributed by atoms with Crippen LogP contribution in [0.25, 0.3) is 0 Å². The van der Waals surface area contributed by atoms with E-state index in [1.807, 2.05) is 0 Å². The minimum atomic E-state index is -0.600. The molecule has 0 spiro atoms. The van der Waals surface area contributed by atoms with E-state index in [0.717, 1.165) is 15.5 Å². The first-order valence-electron chi connectivity index (χ1n) is 6.37. The van der Waals surface area contributed by atoms with Crippen LogP contribution in [0.4, 0.5) is 4.79 Å². The number of nitrogens with zero attached hydrogens (tertiary/aromatic N) is 3. The summed E-state index contributed by atoms with van der Waals surface area (Å²) in [6.07, 6.45) is 0.589. The van der Waals surface area contributed by atoms with Gasteiger partial charge in [-0.3, -0.25) is 19.5 Å². The third-order valence-electron chi connectivity index (χ3n) is 1.89.